The van der Waals surface area contributed by atoms with Crippen molar-refractivity contribution >= 4 is 17.3 Å². The van der Waals surface area contributed by atoms with Crippen LogP contribution in [-0.4, -0.2) is 25.0 Å². The van der Waals surface area contributed by atoms with Crippen LogP contribution in [0.15, 0.2) is 29.8 Å². The average Bonchev–Trinajstić information content (AvgIpc) is 2.33. The summed E-state index contributed by atoms with van der Waals surface area (Å²) in [5, 5.41) is 0.575. The molecule has 0 fully saturated rings. The first-order valence-corrected chi connectivity index (χ1v) is 6.14. The zero-order valence-electron chi connectivity index (χ0n) is 9.99. The number of halogens is 1. The zero-order valence-corrected chi connectivity index (χ0v) is 10.7. The number of rotatable bonds is 2. The smallest absolute Gasteiger partial charge is 0.0639 e. The highest BCUT2D eigenvalue weighted by molar-refractivity contribution is 6.33. The van der Waals surface area contributed by atoms with Crippen molar-refractivity contribution in [1.29, 1.82) is 0 Å². The highest BCUT2D eigenvalue weighted by atomic mass is 35.5. The highest BCUT2D eigenvalue weighted by Crippen LogP contribution is 2.31. The summed E-state index contributed by atoms with van der Waals surface area (Å²) in [4.78, 5) is 2.26. The van der Waals surface area contributed by atoms with Crippen molar-refractivity contribution in [3.8, 4) is 0 Å². The normalized spacial score (nSPS) is 18.9. The Bertz CT molecular complexity index is 442. The number of hydrogen-bond acceptors (Lipinski definition) is 3. The maximum atomic E-state index is 6.26. The van der Waals surface area contributed by atoms with Crippen molar-refractivity contribution < 1.29 is 0 Å². The molecule has 4 heteroatoms. The van der Waals surface area contributed by atoms with Gasteiger partial charge in [0.15, 0.2) is 0 Å². The zero-order chi connectivity index (χ0) is 12.4. The number of hydrogen-bond donors (Lipinski definition) is 2. The Morgan fingerprint density at radius 2 is 2.18 bits per heavy atom. The Hall–Kier alpha value is -1.03. The summed E-state index contributed by atoms with van der Waals surface area (Å²) in [6, 6.07) is 5.49. The topological polar surface area (TPSA) is 55.3 Å². The minimum Gasteiger partial charge on any atom is -0.397 e. The first-order chi connectivity index (χ1) is 8.09. The first kappa shape index (κ1) is 12.4. The van der Waals surface area contributed by atoms with Crippen molar-refractivity contribution in [2.24, 2.45) is 5.73 Å². The van der Waals surface area contributed by atoms with Crippen molar-refractivity contribution in [1.82, 2.24) is 4.90 Å². The second-order valence-electron chi connectivity index (χ2n) is 4.51. The molecule has 1 aliphatic heterocycles. The largest absolute Gasteiger partial charge is 0.397 e. The van der Waals surface area contributed by atoms with E-state index in [2.05, 4.69) is 18.0 Å². The lowest BCUT2D eigenvalue weighted by Crippen LogP contribution is -2.28. The molecule has 0 amide bonds. The van der Waals surface area contributed by atoms with Gasteiger partial charge in [0.25, 0.3) is 0 Å². The van der Waals surface area contributed by atoms with E-state index in [4.69, 9.17) is 23.1 Å². The first-order valence-electron chi connectivity index (χ1n) is 5.76. The monoisotopic (exact) mass is 251 g/mol. The fourth-order valence-electron chi connectivity index (χ4n) is 2.09. The van der Waals surface area contributed by atoms with Gasteiger partial charge in [0.05, 0.1) is 16.8 Å². The van der Waals surface area contributed by atoms with Gasteiger partial charge in [-0.25, -0.2) is 0 Å². The predicted octanol–water partition coefficient (Wildman–Crippen LogP) is 2.18. The van der Waals surface area contributed by atoms with Gasteiger partial charge < -0.3 is 16.4 Å². The number of benzene rings is 1. The molecule has 0 aromatic heterocycles. The van der Waals surface area contributed by atoms with E-state index in [0.29, 0.717) is 10.7 Å². The van der Waals surface area contributed by atoms with E-state index < -0.39 is 0 Å². The van der Waals surface area contributed by atoms with E-state index in [1.165, 1.54) is 5.57 Å². The minimum absolute atomic E-state index is 0.137. The summed E-state index contributed by atoms with van der Waals surface area (Å²) in [7, 11) is 2.10. The van der Waals surface area contributed by atoms with Crippen molar-refractivity contribution in [2.75, 3.05) is 25.9 Å². The molecule has 0 aliphatic carbocycles. The molecular weight excluding hydrogens is 234 g/mol. The SMILES string of the molecule is CN1CC=C(C(N)c2cccc(Cl)c2N)CC1. The summed E-state index contributed by atoms with van der Waals surface area (Å²) < 4.78 is 0. The number of para-hydroxylation sites is 1. The van der Waals surface area contributed by atoms with E-state index in [9.17, 15) is 0 Å². The Morgan fingerprint density at radius 3 is 2.82 bits per heavy atom. The summed E-state index contributed by atoms with van der Waals surface area (Å²) >= 11 is 6.01. The number of nitrogens with zero attached hydrogens (tertiary/aromatic N) is 1. The molecule has 1 heterocycles. The van der Waals surface area contributed by atoms with Gasteiger partial charge in [-0.15, -0.1) is 0 Å². The molecule has 0 saturated carbocycles. The lowest BCUT2D eigenvalue weighted by Gasteiger charge is -2.26. The quantitative estimate of drug-likeness (QED) is 0.626. The van der Waals surface area contributed by atoms with Crippen LogP contribution >= 0.6 is 11.6 Å². The van der Waals surface area contributed by atoms with Crippen LogP contribution in [0.25, 0.3) is 0 Å². The molecule has 1 aromatic rings. The summed E-state index contributed by atoms with van der Waals surface area (Å²) in [6.45, 7) is 1.99. The second kappa shape index (κ2) is 5.08. The fourth-order valence-corrected chi connectivity index (χ4v) is 2.28. The molecule has 1 atom stereocenters. The van der Waals surface area contributed by atoms with Crippen LogP contribution in [0, 0.1) is 0 Å². The number of nitrogens with two attached hydrogens (primary N) is 2. The number of likely N-dealkylation sites (N-methyl/N-ethyl adjacent to an activating group) is 1. The molecule has 3 nitrogen and oxygen atoms in total. The lowest BCUT2D eigenvalue weighted by atomic mass is 9.94. The summed E-state index contributed by atoms with van der Waals surface area (Å²) in [5.74, 6) is 0. The van der Waals surface area contributed by atoms with Crippen LogP contribution in [0.2, 0.25) is 5.02 Å². The molecule has 0 saturated heterocycles. The van der Waals surface area contributed by atoms with Gasteiger partial charge in [-0.2, -0.15) is 0 Å². The molecule has 1 unspecified atom stereocenters. The van der Waals surface area contributed by atoms with E-state index in [0.717, 1.165) is 25.1 Å². The van der Waals surface area contributed by atoms with Crippen molar-refractivity contribution in [3.63, 3.8) is 0 Å². The van der Waals surface area contributed by atoms with Crippen LogP contribution in [0.4, 0.5) is 5.69 Å². The third-order valence-electron chi connectivity index (χ3n) is 3.27. The second-order valence-corrected chi connectivity index (χ2v) is 4.92. The van der Waals surface area contributed by atoms with E-state index in [-0.39, 0.29) is 6.04 Å². The van der Waals surface area contributed by atoms with E-state index >= 15 is 0 Å². The molecular formula is C13H18ClN3. The average molecular weight is 252 g/mol. The fraction of sp³-hybridized carbons (Fsp3) is 0.385. The lowest BCUT2D eigenvalue weighted by molar-refractivity contribution is 0.354. The Morgan fingerprint density at radius 1 is 1.41 bits per heavy atom. The van der Waals surface area contributed by atoms with Crippen LogP contribution in [0.3, 0.4) is 0 Å². The van der Waals surface area contributed by atoms with Gasteiger partial charge in [0.2, 0.25) is 0 Å². The van der Waals surface area contributed by atoms with Crippen LogP contribution in [-0.2, 0) is 0 Å². The molecule has 2 rings (SSSR count). The molecule has 1 aromatic carbocycles. The summed E-state index contributed by atoms with van der Waals surface area (Å²) in [5.41, 5.74) is 15.0. The van der Waals surface area contributed by atoms with Crippen LogP contribution in [0.1, 0.15) is 18.0 Å². The third-order valence-corrected chi connectivity index (χ3v) is 3.60. The van der Waals surface area contributed by atoms with Crippen molar-refractivity contribution in [3.05, 3.63) is 40.4 Å². The Kier molecular flexibility index (Phi) is 3.72. The Labute approximate surface area is 107 Å². The van der Waals surface area contributed by atoms with Gasteiger partial charge in [-0.3, -0.25) is 0 Å². The molecule has 17 heavy (non-hydrogen) atoms. The highest BCUT2D eigenvalue weighted by Gasteiger charge is 2.18. The van der Waals surface area contributed by atoms with Gasteiger partial charge in [0.1, 0.15) is 0 Å². The standard InChI is InChI=1S/C13H18ClN3/c1-17-7-5-9(6-8-17)12(15)10-3-2-4-11(14)13(10)16/h2-5,12H,6-8,15-16H2,1H3. The molecule has 1 aliphatic rings. The maximum Gasteiger partial charge on any atom is 0.0639 e. The Balaban J connectivity index is 2.25. The minimum atomic E-state index is -0.137. The van der Waals surface area contributed by atoms with E-state index in [1.54, 1.807) is 6.07 Å². The molecule has 0 bridgehead atoms. The molecule has 4 N–H and O–H groups in total. The third kappa shape index (κ3) is 2.63. The molecule has 92 valence electrons. The van der Waals surface area contributed by atoms with Gasteiger partial charge in [-0.1, -0.05) is 35.4 Å². The molecule has 0 radical (unpaired) electrons. The number of anilines is 1. The molecule has 0 spiro atoms. The van der Waals surface area contributed by atoms with E-state index in [1.807, 2.05) is 12.1 Å². The number of nitrogen functional groups attached to an aromatic ring is 1. The van der Waals surface area contributed by atoms with Crippen molar-refractivity contribution in [2.45, 2.75) is 12.5 Å². The summed E-state index contributed by atoms with van der Waals surface area (Å²) in [6.07, 6.45) is 3.18. The van der Waals surface area contributed by atoms with Gasteiger partial charge in [0, 0.05) is 13.1 Å². The van der Waals surface area contributed by atoms with Crippen LogP contribution in [0.5, 0.6) is 0 Å². The predicted molar refractivity (Wildman–Crippen MR) is 73.0 cm³/mol. The van der Waals surface area contributed by atoms with Gasteiger partial charge >= 0.3 is 0 Å². The van der Waals surface area contributed by atoms with Gasteiger partial charge in [-0.05, 0) is 25.1 Å². The maximum absolute atomic E-state index is 6.26. The van der Waals surface area contributed by atoms with Crippen LogP contribution < -0.4 is 11.5 Å².